The third kappa shape index (κ3) is 0.858. The Morgan fingerprint density at radius 3 is 1.50 bits per heavy atom. The third-order valence-electron chi connectivity index (χ3n) is 2.04. The maximum atomic E-state index is 8.58. The summed E-state index contributed by atoms with van der Waals surface area (Å²) in [5, 5.41) is 17.2. The van der Waals surface area contributed by atoms with Gasteiger partial charge in [0.15, 0.2) is 0 Å². The molecule has 0 aromatic heterocycles. The number of aliphatic hydroxyl groups excluding tert-OH is 2. The molecule has 1 fully saturated rings. The molecule has 2 N–H and O–H groups in total. The van der Waals surface area contributed by atoms with Gasteiger partial charge < -0.3 is 10.2 Å². The molecule has 0 heterocycles. The molecule has 0 aromatic carbocycles. The van der Waals surface area contributed by atoms with E-state index in [-0.39, 0.29) is 13.2 Å². The monoisotopic (exact) mass is 116 g/mol. The van der Waals surface area contributed by atoms with Gasteiger partial charge in [0.25, 0.3) is 0 Å². The molecule has 0 radical (unpaired) electrons. The van der Waals surface area contributed by atoms with E-state index in [4.69, 9.17) is 10.2 Å². The van der Waals surface area contributed by atoms with Crippen LogP contribution >= 0.6 is 0 Å². The summed E-state index contributed by atoms with van der Waals surface area (Å²) in [7, 11) is 0. The molecule has 1 rings (SSSR count). The van der Waals surface area contributed by atoms with E-state index in [9.17, 15) is 0 Å². The Kier molecular flexibility index (Phi) is 1.86. The Morgan fingerprint density at radius 1 is 1.00 bits per heavy atom. The Balaban J connectivity index is 2.16. The maximum absolute atomic E-state index is 8.58. The maximum Gasteiger partial charge on any atom is 0.0462 e. The average molecular weight is 116 g/mol. The van der Waals surface area contributed by atoms with Crippen molar-refractivity contribution in [1.29, 1.82) is 0 Å². The Labute approximate surface area is 49.1 Å². The normalized spacial score (nSPS) is 36.8. The minimum Gasteiger partial charge on any atom is -0.396 e. The van der Waals surface area contributed by atoms with E-state index in [0.29, 0.717) is 11.8 Å². The van der Waals surface area contributed by atoms with Crippen molar-refractivity contribution in [3.8, 4) is 0 Å². The van der Waals surface area contributed by atoms with Crippen molar-refractivity contribution < 1.29 is 10.2 Å². The molecule has 2 atom stereocenters. The van der Waals surface area contributed by atoms with Crippen molar-refractivity contribution >= 4 is 0 Å². The molecular formula is C6H12O2. The molecule has 0 bridgehead atoms. The van der Waals surface area contributed by atoms with Crippen LogP contribution in [0.4, 0.5) is 0 Å². The van der Waals surface area contributed by atoms with Crippen molar-refractivity contribution in [2.24, 2.45) is 11.8 Å². The topological polar surface area (TPSA) is 40.5 Å². The van der Waals surface area contributed by atoms with Gasteiger partial charge in [-0.2, -0.15) is 0 Å². The van der Waals surface area contributed by atoms with E-state index in [1.165, 1.54) is 0 Å². The molecule has 0 unspecified atom stereocenters. The quantitative estimate of drug-likeness (QED) is 0.533. The van der Waals surface area contributed by atoms with Crippen LogP contribution in [0, 0.1) is 11.8 Å². The first kappa shape index (κ1) is 6.05. The van der Waals surface area contributed by atoms with Gasteiger partial charge in [-0.15, -0.1) is 0 Å². The molecule has 1 aliphatic carbocycles. The fourth-order valence-corrected chi connectivity index (χ4v) is 1.12. The largest absolute Gasteiger partial charge is 0.396 e. The first-order valence-corrected chi connectivity index (χ1v) is 3.10. The van der Waals surface area contributed by atoms with Gasteiger partial charge in [-0.05, 0) is 24.7 Å². The van der Waals surface area contributed by atoms with Crippen molar-refractivity contribution in [3.63, 3.8) is 0 Å². The molecule has 1 saturated carbocycles. The lowest BCUT2D eigenvalue weighted by Crippen LogP contribution is -2.31. The number of rotatable bonds is 2. The zero-order chi connectivity index (χ0) is 5.98. The molecule has 0 aliphatic heterocycles. The van der Waals surface area contributed by atoms with E-state index < -0.39 is 0 Å². The van der Waals surface area contributed by atoms with Gasteiger partial charge in [-0.3, -0.25) is 0 Å². The molecule has 8 heavy (non-hydrogen) atoms. The van der Waals surface area contributed by atoms with Gasteiger partial charge in [0, 0.05) is 13.2 Å². The van der Waals surface area contributed by atoms with E-state index in [0.717, 1.165) is 12.8 Å². The van der Waals surface area contributed by atoms with E-state index >= 15 is 0 Å². The van der Waals surface area contributed by atoms with Crippen molar-refractivity contribution in [2.45, 2.75) is 12.8 Å². The summed E-state index contributed by atoms with van der Waals surface area (Å²) < 4.78 is 0. The Morgan fingerprint density at radius 2 is 1.38 bits per heavy atom. The molecule has 48 valence electrons. The van der Waals surface area contributed by atoms with Crippen LogP contribution in [0.3, 0.4) is 0 Å². The average Bonchev–Trinajstić information content (AvgIpc) is 1.66. The molecule has 0 saturated heterocycles. The summed E-state index contributed by atoms with van der Waals surface area (Å²) in [6, 6.07) is 0. The van der Waals surface area contributed by atoms with Crippen LogP contribution in [0.2, 0.25) is 0 Å². The van der Waals surface area contributed by atoms with Gasteiger partial charge >= 0.3 is 0 Å². The smallest absolute Gasteiger partial charge is 0.0462 e. The molecular weight excluding hydrogens is 104 g/mol. The van der Waals surface area contributed by atoms with Gasteiger partial charge in [0.05, 0.1) is 0 Å². The summed E-state index contributed by atoms with van der Waals surface area (Å²) >= 11 is 0. The highest BCUT2D eigenvalue weighted by atomic mass is 16.3. The summed E-state index contributed by atoms with van der Waals surface area (Å²) in [5.74, 6) is 0.806. The summed E-state index contributed by atoms with van der Waals surface area (Å²) in [6.45, 7) is 0.510. The second kappa shape index (κ2) is 2.46. The Hall–Kier alpha value is -0.0800. The number of hydrogen-bond donors (Lipinski definition) is 2. The fraction of sp³-hybridized carbons (Fsp3) is 1.00. The minimum atomic E-state index is 0.255. The summed E-state index contributed by atoms with van der Waals surface area (Å²) in [5.41, 5.74) is 0. The van der Waals surface area contributed by atoms with Crippen LogP contribution in [0.5, 0.6) is 0 Å². The van der Waals surface area contributed by atoms with Gasteiger partial charge in [0.2, 0.25) is 0 Å². The minimum absolute atomic E-state index is 0.255. The molecule has 2 heteroatoms. The predicted molar refractivity (Wildman–Crippen MR) is 30.4 cm³/mol. The summed E-state index contributed by atoms with van der Waals surface area (Å²) in [4.78, 5) is 0. The lowest BCUT2D eigenvalue weighted by molar-refractivity contribution is 0.0459. The lowest BCUT2D eigenvalue weighted by Gasteiger charge is -2.33. The highest BCUT2D eigenvalue weighted by molar-refractivity contribution is 4.78. The van der Waals surface area contributed by atoms with Crippen molar-refractivity contribution in [1.82, 2.24) is 0 Å². The zero-order valence-corrected chi connectivity index (χ0v) is 4.88. The lowest BCUT2D eigenvalue weighted by atomic mass is 9.75. The van der Waals surface area contributed by atoms with E-state index in [1.54, 1.807) is 0 Å². The standard InChI is InChI=1S/C6H12O2/c7-3-5-1-2-6(5)4-8/h5-8H,1-4H2/t5-,6+. The van der Waals surface area contributed by atoms with E-state index in [1.807, 2.05) is 0 Å². The molecule has 0 amide bonds. The van der Waals surface area contributed by atoms with Crippen LogP contribution in [0.1, 0.15) is 12.8 Å². The second-order valence-electron chi connectivity index (χ2n) is 2.46. The first-order valence-electron chi connectivity index (χ1n) is 3.10. The van der Waals surface area contributed by atoms with Crippen LogP contribution in [0.15, 0.2) is 0 Å². The SMILES string of the molecule is OC[C@@H]1CC[C@@H]1CO. The number of hydrogen-bond acceptors (Lipinski definition) is 2. The van der Waals surface area contributed by atoms with Crippen LogP contribution < -0.4 is 0 Å². The van der Waals surface area contributed by atoms with Gasteiger partial charge in [-0.25, -0.2) is 0 Å². The zero-order valence-electron chi connectivity index (χ0n) is 4.88. The fourth-order valence-electron chi connectivity index (χ4n) is 1.12. The molecule has 0 aromatic rings. The molecule has 0 spiro atoms. The van der Waals surface area contributed by atoms with Crippen LogP contribution in [-0.2, 0) is 0 Å². The van der Waals surface area contributed by atoms with Crippen molar-refractivity contribution in [3.05, 3.63) is 0 Å². The van der Waals surface area contributed by atoms with Gasteiger partial charge in [0.1, 0.15) is 0 Å². The van der Waals surface area contributed by atoms with E-state index in [2.05, 4.69) is 0 Å². The first-order chi connectivity index (χ1) is 3.88. The Bertz CT molecular complexity index is 58.9. The number of aliphatic hydroxyl groups is 2. The highest BCUT2D eigenvalue weighted by Crippen LogP contribution is 2.32. The predicted octanol–water partition coefficient (Wildman–Crippen LogP) is -0.00280. The molecule has 1 aliphatic rings. The van der Waals surface area contributed by atoms with Crippen LogP contribution in [0.25, 0.3) is 0 Å². The molecule has 2 nitrogen and oxygen atoms in total. The summed E-state index contributed by atoms with van der Waals surface area (Å²) in [6.07, 6.45) is 2.20. The second-order valence-corrected chi connectivity index (χ2v) is 2.46. The van der Waals surface area contributed by atoms with Crippen molar-refractivity contribution in [2.75, 3.05) is 13.2 Å². The third-order valence-corrected chi connectivity index (χ3v) is 2.04. The van der Waals surface area contributed by atoms with Crippen LogP contribution in [-0.4, -0.2) is 23.4 Å². The highest BCUT2D eigenvalue weighted by Gasteiger charge is 2.28. The van der Waals surface area contributed by atoms with Gasteiger partial charge in [-0.1, -0.05) is 0 Å².